The first-order valence-electron chi connectivity index (χ1n) is 17.8. The van der Waals surface area contributed by atoms with Crippen molar-refractivity contribution in [3.63, 3.8) is 0 Å². The van der Waals surface area contributed by atoms with Gasteiger partial charge >= 0.3 is 11.9 Å². The van der Waals surface area contributed by atoms with Gasteiger partial charge < -0.3 is 15.0 Å². The number of imidazole rings is 1. The average Bonchev–Trinajstić information content (AvgIpc) is 3.66. The summed E-state index contributed by atoms with van der Waals surface area (Å²) in [5.41, 5.74) is 5.86. The molecular weight excluding hydrogens is 691 g/mol. The first kappa shape index (κ1) is 36.3. The molecule has 13 nitrogen and oxygen atoms in total. The van der Waals surface area contributed by atoms with Crippen molar-refractivity contribution in [2.75, 3.05) is 57.8 Å². The lowest BCUT2D eigenvalue weighted by atomic mass is 10.0. The molecule has 2 aromatic carbocycles. The summed E-state index contributed by atoms with van der Waals surface area (Å²) in [5, 5.41) is 5.78. The summed E-state index contributed by atoms with van der Waals surface area (Å²) in [7, 11) is 1.69. The Morgan fingerprint density at radius 1 is 0.981 bits per heavy atom. The maximum absolute atomic E-state index is 13.0. The van der Waals surface area contributed by atoms with Crippen molar-refractivity contribution in [3.05, 3.63) is 76.5 Å². The second-order valence-electron chi connectivity index (χ2n) is 13.6. The molecule has 2 aliphatic heterocycles. The topological polar surface area (TPSA) is 142 Å². The van der Waals surface area contributed by atoms with E-state index in [1.54, 1.807) is 17.8 Å². The van der Waals surface area contributed by atoms with Gasteiger partial charge in [0.25, 0.3) is 0 Å². The zero-order valence-corrected chi connectivity index (χ0v) is 29.4. The number of H-pyrrole nitrogens is 1. The number of carbonyl (C=O) groups is 2. The summed E-state index contributed by atoms with van der Waals surface area (Å²) in [6.07, 6.45) is -0.516. The number of aryl methyl sites for hydroxylation is 1. The van der Waals surface area contributed by atoms with Crippen molar-refractivity contribution in [1.82, 2.24) is 39.2 Å². The van der Waals surface area contributed by atoms with Crippen LogP contribution in [0.2, 0.25) is 0 Å². The molecule has 2 fully saturated rings. The third-order valence-corrected chi connectivity index (χ3v) is 10.00. The molecule has 2 aliphatic rings. The zero-order valence-electron chi connectivity index (χ0n) is 29.4. The van der Waals surface area contributed by atoms with Gasteiger partial charge in [-0.2, -0.15) is 18.2 Å². The van der Waals surface area contributed by atoms with Crippen LogP contribution in [0.5, 0.6) is 0 Å². The highest BCUT2D eigenvalue weighted by atomic mass is 19.4. The summed E-state index contributed by atoms with van der Waals surface area (Å²) in [6.45, 7) is 6.29. The van der Waals surface area contributed by atoms with Crippen molar-refractivity contribution < 1.29 is 27.5 Å². The number of carbonyl (C=O) groups excluding carboxylic acids is 2. The highest BCUT2D eigenvalue weighted by Crippen LogP contribution is 2.29. The number of aromatic amines is 1. The maximum Gasteiger partial charge on any atom is 0.390 e. The Morgan fingerprint density at radius 3 is 2.58 bits per heavy atom. The minimum Gasteiger partial charge on any atom is -0.380 e. The lowest BCUT2D eigenvalue weighted by Gasteiger charge is -2.34. The second kappa shape index (κ2) is 15.5. The van der Waals surface area contributed by atoms with Crippen LogP contribution in [0.25, 0.3) is 33.2 Å². The van der Waals surface area contributed by atoms with Crippen molar-refractivity contribution in [3.8, 4) is 11.1 Å². The fourth-order valence-corrected chi connectivity index (χ4v) is 7.09. The van der Waals surface area contributed by atoms with Crippen LogP contribution in [0.4, 0.5) is 19.1 Å². The van der Waals surface area contributed by atoms with E-state index < -0.39 is 24.5 Å². The number of piperazine rings is 1. The number of aromatic nitrogens is 5. The lowest BCUT2D eigenvalue weighted by Crippen LogP contribution is -2.46. The number of amides is 2. The van der Waals surface area contributed by atoms with Gasteiger partial charge in [-0.05, 0) is 47.7 Å². The van der Waals surface area contributed by atoms with Crippen molar-refractivity contribution in [2.24, 2.45) is 7.05 Å². The standard InChI is InChI=1S/C37H42F3N9O4/c1-46-31-20-24(5-6-29(31)49(36(46)52)30-7-8-32(50)44-34(30)51)9-17-53-18-16-47-12-14-48(15-13-47)23-25-3-2-4-26(19-25)27-21-42-33-28(27)22-43-35(45-33)41-11-10-37(38,39)40/h2-6,19-22,30H,7-18,23H2,1H3,(H,44,50,51)(H2,41,42,43,45)/t30-/m0/s1. The quantitative estimate of drug-likeness (QED) is 0.121. The van der Waals surface area contributed by atoms with E-state index in [-0.39, 0.29) is 30.5 Å². The number of halogens is 3. The Balaban J connectivity index is 0.851. The van der Waals surface area contributed by atoms with Crippen LogP contribution in [-0.4, -0.2) is 104 Å². The third kappa shape index (κ3) is 8.45. The first-order chi connectivity index (χ1) is 25.5. The summed E-state index contributed by atoms with van der Waals surface area (Å²) in [4.78, 5) is 53.6. The Labute approximate surface area is 303 Å². The van der Waals surface area contributed by atoms with Gasteiger partial charge in [0.15, 0.2) is 0 Å². The molecule has 16 heteroatoms. The van der Waals surface area contributed by atoms with Crippen LogP contribution < -0.4 is 16.3 Å². The van der Waals surface area contributed by atoms with Crippen molar-refractivity contribution >= 4 is 39.8 Å². The van der Waals surface area contributed by atoms with Crippen LogP contribution >= 0.6 is 0 Å². The molecule has 0 unspecified atom stereocenters. The number of hydrogen-bond donors (Lipinski definition) is 3. The molecule has 0 radical (unpaired) electrons. The minimum atomic E-state index is -4.24. The average molecular weight is 734 g/mol. The number of rotatable bonds is 13. The monoisotopic (exact) mass is 733 g/mol. The maximum atomic E-state index is 13.0. The molecule has 1 atom stereocenters. The van der Waals surface area contributed by atoms with E-state index in [0.717, 1.165) is 66.9 Å². The number of ether oxygens (including phenoxy) is 1. The predicted molar refractivity (Wildman–Crippen MR) is 193 cm³/mol. The number of nitrogens with zero attached hydrogens (tertiary/aromatic N) is 6. The molecule has 0 bridgehead atoms. The van der Waals surface area contributed by atoms with E-state index in [0.29, 0.717) is 37.2 Å². The molecule has 0 saturated carbocycles. The Kier molecular flexibility index (Phi) is 10.6. The molecule has 3 N–H and O–H groups in total. The normalized spacial score (nSPS) is 17.5. The minimum absolute atomic E-state index is 0.153. The van der Waals surface area contributed by atoms with E-state index in [1.165, 1.54) is 10.1 Å². The number of piperidine rings is 1. The highest BCUT2D eigenvalue weighted by Gasteiger charge is 2.31. The van der Waals surface area contributed by atoms with Gasteiger partial charge in [-0.1, -0.05) is 24.3 Å². The molecule has 7 rings (SSSR count). The molecule has 280 valence electrons. The highest BCUT2D eigenvalue weighted by molar-refractivity contribution is 6.00. The summed E-state index contributed by atoms with van der Waals surface area (Å²) in [6, 6.07) is 13.4. The summed E-state index contributed by atoms with van der Waals surface area (Å²) < 4.78 is 46.5. The fourth-order valence-electron chi connectivity index (χ4n) is 7.09. The van der Waals surface area contributed by atoms with Crippen LogP contribution in [-0.2, 0) is 34.3 Å². The van der Waals surface area contributed by atoms with Gasteiger partial charge in [-0.15, -0.1) is 0 Å². The second-order valence-corrected chi connectivity index (χ2v) is 13.6. The molecule has 0 spiro atoms. The van der Waals surface area contributed by atoms with Crippen molar-refractivity contribution in [1.29, 1.82) is 0 Å². The van der Waals surface area contributed by atoms with E-state index in [2.05, 4.69) is 47.5 Å². The molecule has 2 saturated heterocycles. The number of anilines is 1. The largest absolute Gasteiger partial charge is 0.390 e. The molecule has 3 aromatic heterocycles. The van der Waals surface area contributed by atoms with Gasteiger partial charge in [0.05, 0.1) is 30.7 Å². The number of alkyl halides is 3. The molecule has 5 heterocycles. The Hall–Kier alpha value is -5.06. The van der Waals surface area contributed by atoms with Crippen LogP contribution in [0, 0.1) is 0 Å². The molecule has 53 heavy (non-hydrogen) atoms. The number of benzene rings is 2. The van der Waals surface area contributed by atoms with E-state index in [9.17, 15) is 27.6 Å². The lowest BCUT2D eigenvalue weighted by molar-refractivity contribution is -0.136. The van der Waals surface area contributed by atoms with Gasteiger partial charge in [0.2, 0.25) is 17.8 Å². The Morgan fingerprint density at radius 2 is 1.79 bits per heavy atom. The number of fused-ring (bicyclic) bond motifs is 2. The smallest absolute Gasteiger partial charge is 0.380 e. The molecule has 0 aliphatic carbocycles. The van der Waals surface area contributed by atoms with Gasteiger partial charge in [0.1, 0.15) is 11.7 Å². The molecule has 5 aromatic rings. The fraction of sp³-hybridized carbons (Fsp3) is 0.432. The van der Waals surface area contributed by atoms with Crippen LogP contribution in [0.15, 0.2) is 59.7 Å². The predicted octanol–water partition coefficient (Wildman–Crippen LogP) is 4.00. The van der Waals surface area contributed by atoms with Crippen LogP contribution in [0.3, 0.4) is 0 Å². The Bertz CT molecular complexity index is 2170. The van der Waals surface area contributed by atoms with E-state index in [4.69, 9.17) is 4.74 Å². The van der Waals surface area contributed by atoms with Gasteiger partial charge in [-0.25, -0.2) is 9.78 Å². The molecule has 2 amide bonds. The zero-order chi connectivity index (χ0) is 37.1. The summed E-state index contributed by atoms with van der Waals surface area (Å²) in [5.74, 6) is -0.605. The van der Waals surface area contributed by atoms with E-state index in [1.807, 2.05) is 36.5 Å². The summed E-state index contributed by atoms with van der Waals surface area (Å²) >= 11 is 0. The number of imide groups is 1. The van der Waals surface area contributed by atoms with Crippen molar-refractivity contribution in [2.45, 2.75) is 44.4 Å². The van der Waals surface area contributed by atoms with Gasteiger partial charge in [0, 0.05) is 82.6 Å². The number of nitrogens with one attached hydrogen (secondary N) is 3. The first-order valence-corrected chi connectivity index (χ1v) is 17.8. The SMILES string of the molecule is Cn1c(=O)n([C@H]2CCC(=O)NC2=O)c2ccc(CCOCCN3CCN(Cc4cccc(-c5c[nH]c6nc(NCCC(F)(F)F)ncc56)c4)CC3)cc21. The van der Waals surface area contributed by atoms with Gasteiger partial charge in [-0.3, -0.25) is 33.8 Å². The number of hydrogen-bond acceptors (Lipinski definition) is 9. The third-order valence-electron chi connectivity index (χ3n) is 10.00. The molecular formula is C37H42F3N9O4. The van der Waals surface area contributed by atoms with E-state index >= 15 is 0 Å². The van der Waals surface area contributed by atoms with Crippen LogP contribution in [0.1, 0.15) is 36.4 Å².